The van der Waals surface area contributed by atoms with Gasteiger partial charge in [-0.15, -0.1) is 10.2 Å². The summed E-state index contributed by atoms with van der Waals surface area (Å²) >= 11 is 1.36. The van der Waals surface area contributed by atoms with Crippen molar-refractivity contribution in [2.24, 2.45) is 7.05 Å². The highest BCUT2D eigenvalue weighted by molar-refractivity contribution is 7.99. The molecule has 1 atom stereocenters. The van der Waals surface area contributed by atoms with Gasteiger partial charge in [0.05, 0.1) is 12.0 Å². The molecule has 130 valence electrons. The molecule has 1 N–H and O–H groups in total. The zero-order valence-electron chi connectivity index (χ0n) is 14.2. The number of nitrogens with zero attached hydrogens (tertiary/aromatic N) is 3. The SMILES string of the molecule is C[C@@H](CNC(=O)CSc1nnc(-c2ccco2)n1C)c1ccccc1. The lowest BCUT2D eigenvalue weighted by atomic mass is 10.0. The van der Waals surface area contributed by atoms with Gasteiger partial charge < -0.3 is 14.3 Å². The van der Waals surface area contributed by atoms with E-state index in [0.717, 1.165) is 0 Å². The van der Waals surface area contributed by atoms with Crippen LogP contribution in [0.2, 0.25) is 0 Å². The highest BCUT2D eigenvalue weighted by Crippen LogP contribution is 2.22. The van der Waals surface area contributed by atoms with Crippen LogP contribution in [0.1, 0.15) is 18.4 Å². The Kier molecular flexibility index (Phi) is 5.55. The van der Waals surface area contributed by atoms with Crippen LogP contribution in [0.15, 0.2) is 58.3 Å². The molecule has 0 radical (unpaired) electrons. The molecule has 0 bridgehead atoms. The molecular weight excluding hydrogens is 336 g/mol. The number of nitrogens with one attached hydrogen (secondary N) is 1. The Morgan fingerprint density at radius 3 is 2.76 bits per heavy atom. The average Bonchev–Trinajstić information content (AvgIpc) is 3.28. The van der Waals surface area contributed by atoms with Crippen LogP contribution in [-0.4, -0.2) is 33.0 Å². The molecule has 0 saturated heterocycles. The largest absolute Gasteiger partial charge is 0.461 e. The summed E-state index contributed by atoms with van der Waals surface area (Å²) in [4.78, 5) is 12.1. The molecule has 0 unspecified atom stereocenters. The Hall–Kier alpha value is -2.54. The van der Waals surface area contributed by atoms with Gasteiger partial charge in [-0.1, -0.05) is 49.0 Å². The summed E-state index contributed by atoms with van der Waals surface area (Å²) in [6.45, 7) is 2.71. The lowest BCUT2D eigenvalue weighted by Crippen LogP contribution is -2.29. The minimum Gasteiger partial charge on any atom is -0.461 e. The van der Waals surface area contributed by atoms with Gasteiger partial charge in [-0.3, -0.25) is 4.79 Å². The van der Waals surface area contributed by atoms with Gasteiger partial charge in [-0.2, -0.15) is 0 Å². The van der Waals surface area contributed by atoms with Gasteiger partial charge in [-0.25, -0.2) is 0 Å². The fourth-order valence-electron chi connectivity index (χ4n) is 2.41. The van der Waals surface area contributed by atoms with Crippen molar-refractivity contribution in [3.63, 3.8) is 0 Å². The molecule has 6 nitrogen and oxygen atoms in total. The van der Waals surface area contributed by atoms with E-state index in [4.69, 9.17) is 4.42 Å². The van der Waals surface area contributed by atoms with Crippen LogP contribution in [0.4, 0.5) is 0 Å². The first kappa shape index (κ1) is 17.3. The van der Waals surface area contributed by atoms with Crippen LogP contribution >= 0.6 is 11.8 Å². The second-order valence-corrected chi connectivity index (χ2v) is 6.69. The van der Waals surface area contributed by atoms with Crippen molar-refractivity contribution in [3.05, 3.63) is 54.3 Å². The van der Waals surface area contributed by atoms with E-state index in [1.807, 2.05) is 35.9 Å². The number of carbonyl (C=O) groups excluding carboxylic acids is 1. The molecule has 0 saturated carbocycles. The Labute approximate surface area is 150 Å². The van der Waals surface area contributed by atoms with Crippen molar-refractivity contribution in [3.8, 4) is 11.6 Å². The maximum Gasteiger partial charge on any atom is 0.230 e. The van der Waals surface area contributed by atoms with Crippen LogP contribution < -0.4 is 5.32 Å². The first-order chi connectivity index (χ1) is 12.1. The Balaban J connectivity index is 1.50. The Bertz CT molecular complexity index is 815. The molecule has 1 amide bonds. The van der Waals surface area contributed by atoms with Crippen molar-refractivity contribution in [2.75, 3.05) is 12.3 Å². The molecular formula is C18H20N4O2S. The first-order valence-electron chi connectivity index (χ1n) is 8.03. The van der Waals surface area contributed by atoms with Crippen molar-refractivity contribution in [2.45, 2.75) is 18.0 Å². The molecule has 0 aliphatic carbocycles. The molecule has 25 heavy (non-hydrogen) atoms. The van der Waals surface area contributed by atoms with Gasteiger partial charge in [0.1, 0.15) is 0 Å². The third-order valence-electron chi connectivity index (χ3n) is 3.88. The van der Waals surface area contributed by atoms with E-state index in [2.05, 4.69) is 34.6 Å². The summed E-state index contributed by atoms with van der Waals surface area (Å²) in [5, 5.41) is 11.9. The van der Waals surface area contributed by atoms with Gasteiger partial charge in [0, 0.05) is 13.6 Å². The molecule has 0 aliphatic rings. The van der Waals surface area contributed by atoms with Gasteiger partial charge in [0.2, 0.25) is 5.91 Å². The first-order valence-corrected chi connectivity index (χ1v) is 9.01. The average molecular weight is 356 g/mol. The number of hydrogen-bond donors (Lipinski definition) is 1. The predicted octanol–water partition coefficient (Wildman–Crippen LogP) is 3.09. The lowest BCUT2D eigenvalue weighted by Gasteiger charge is -2.12. The predicted molar refractivity (Wildman–Crippen MR) is 97.3 cm³/mol. The summed E-state index contributed by atoms with van der Waals surface area (Å²) in [7, 11) is 1.86. The summed E-state index contributed by atoms with van der Waals surface area (Å²) in [5.74, 6) is 1.85. The van der Waals surface area contributed by atoms with Crippen molar-refractivity contribution < 1.29 is 9.21 Å². The van der Waals surface area contributed by atoms with E-state index in [1.54, 1.807) is 12.3 Å². The van der Waals surface area contributed by atoms with Crippen LogP contribution in [0.3, 0.4) is 0 Å². The normalized spacial score (nSPS) is 12.1. The number of aromatic nitrogens is 3. The fourth-order valence-corrected chi connectivity index (χ4v) is 3.15. The van der Waals surface area contributed by atoms with E-state index < -0.39 is 0 Å². The smallest absolute Gasteiger partial charge is 0.230 e. The third kappa shape index (κ3) is 4.30. The quantitative estimate of drug-likeness (QED) is 0.659. The van der Waals surface area contributed by atoms with Gasteiger partial charge in [0.25, 0.3) is 0 Å². The number of amides is 1. The second-order valence-electron chi connectivity index (χ2n) is 5.75. The monoisotopic (exact) mass is 356 g/mol. The van der Waals surface area contributed by atoms with Gasteiger partial charge >= 0.3 is 0 Å². The molecule has 1 aromatic carbocycles. The van der Waals surface area contributed by atoms with Crippen LogP contribution in [0.5, 0.6) is 0 Å². The molecule has 2 aromatic heterocycles. The number of rotatable bonds is 7. The topological polar surface area (TPSA) is 73.0 Å². The summed E-state index contributed by atoms with van der Waals surface area (Å²) in [5.41, 5.74) is 1.21. The summed E-state index contributed by atoms with van der Waals surface area (Å²) in [6, 6.07) is 13.8. The van der Waals surface area contributed by atoms with E-state index in [0.29, 0.717) is 29.0 Å². The minimum atomic E-state index is -0.0182. The second kappa shape index (κ2) is 8.02. The number of hydrogen-bond acceptors (Lipinski definition) is 5. The van der Waals surface area contributed by atoms with E-state index in [9.17, 15) is 4.79 Å². The summed E-state index contributed by atoms with van der Waals surface area (Å²) in [6.07, 6.45) is 1.60. The number of carbonyl (C=O) groups is 1. The fraction of sp³-hybridized carbons (Fsp3) is 0.278. The molecule has 3 aromatic rings. The Morgan fingerprint density at radius 1 is 1.24 bits per heavy atom. The van der Waals surface area contributed by atoms with Crippen molar-refractivity contribution in [1.82, 2.24) is 20.1 Å². The minimum absolute atomic E-state index is 0.0182. The molecule has 7 heteroatoms. The highest BCUT2D eigenvalue weighted by atomic mass is 32.2. The maximum absolute atomic E-state index is 12.1. The van der Waals surface area contributed by atoms with E-state index in [1.165, 1.54) is 17.3 Å². The number of benzene rings is 1. The third-order valence-corrected chi connectivity index (χ3v) is 4.90. The molecule has 0 fully saturated rings. The van der Waals surface area contributed by atoms with Crippen LogP contribution in [0, 0.1) is 0 Å². The molecule has 0 spiro atoms. The van der Waals surface area contributed by atoms with E-state index in [-0.39, 0.29) is 11.8 Å². The zero-order valence-corrected chi connectivity index (χ0v) is 15.0. The Morgan fingerprint density at radius 2 is 2.04 bits per heavy atom. The zero-order chi connectivity index (χ0) is 17.6. The number of furan rings is 1. The highest BCUT2D eigenvalue weighted by Gasteiger charge is 2.15. The van der Waals surface area contributed by atoms with Crippen molar-refractivity contribution >= 4 is 17.7 Å². The van der Waals surface area contributed by atoms with Crippen LogP contribution in [0.25, 0.3) is 11.6 Å². The van der Waals surface area contributed by atoms with Crippen LogP contribution in [-0.2, 0) is 11.8 Å². The summed E-state index contributed by atoms with van der Waals surface area (Å²) < 4.78 is 7.16. The van der Waals surface area contributed by atoms with Gasteiger partial charge in [-0.05, 0) is 23.6 Å². The lowest BCUT2D eigenvalue weighted by molar-refractivity contribution is -0.118. The number of thioether (sulfide) groups is 1. The molecule has 2 heterocycles. The molecule has 0 aliphatic heterocycles. The van der Waals surface area contributed by atoms with E-state index >= 15 is 0 Å². The van der Waals surface area contributed by atoms with Crippen molar-refractivity contribution in [1.29, 1.82) is 0 Å². The van der Waals surface area contributed by atoms with Gasteiger partial charge in [0.15, 0.2) is 16.7 Å². The molecule has 3 rings (SSSR count). The standard InChI is InChI=1S/C18H20N4O2S/c1-13(14-7-4-3-5-8-14)11-19-16(23)12-25-18-21-20-17(22(18)2)15-9-6-10-24-15/h3-10,13H,11-12H2,1-2H3,(H,19,23)/t13-/m0/s1. The maximum atomic E-state index is 12.1.